The van der Waals surface area contributed by atoms with Crippen LogP contribution in [-0.2, 0) is 9.53 Å². The van der Waals surface area contributed by atoms with Crippen molar-refractivity contribution < 1.29 is 14.3 Å². The van der Waals surface area contributed by atoms with Crippen LogP contribution < -0.4 is 0 Å². The molecular weight excluding hydrogens is 240 g/mol. The third kappa shape index (κ3) is 4.57. The lowest BCUT2D eigenvalue weighted by Gasteiger charge is -2.07. The molecule has 1 rings (SSSR count). The second-order valence-electron chi connectivity index (χ2n) is 3.94. The molecule has 0 bridgehead atoms. The first-order chi connectivity index (χ1) is 8.00. The van der Waals surface area contributed by atoms with Crippen molar-refractivity contribution in [1.29, 1.82) is 0 Å². The number of benzene rings is 1. The molecule has 0 radical (unpaired) electrons. The zero-order valence-electron chi connectivity index (χ0n) is 9.90. The fourth-order valence-corrected chi connectivity index (χ4v) is 1.60. The Morgan fingerprint density at radius 1 is 1.24 bits per heavy atom. The molecule has 0 aliphatic carbocycles. The predicted octanol–water partition coefficient (Wildman–Crippen LogP) is 3.25. The van der Waals surface area contributed by atoms with Crippen molar-refractivity contribution in [2.24, 2.45) is 0 Å². The average Bonchev–Trinajstić information content (AvgIpc) is 2.25. The van der Waals surface area contributed by atoms with Crippen molar-refractivity contribution in [3.8, 4) is 0 Å². The van der Waals surface area contributed by atoms with Gasteiger partial charge in [-0.25, -0.2) is 0 Å². The number of carbonyl (C=O) groups excluding carboxylic acids is 2. The van der Waals surface area contributed by atoms with E-state index in [1.807, 2.05) is 0 Å². The van der Waals surface area contributed by atoms with Gasteiger partial charge in [-0.2, -0.15) is 0 Å². The average molecular weight is 255 g/mol. The topological polar surface area (TPSA) is 43.4 Å². The van der Waals surface area contributed by atoms with Crippen molar-refractivity contribution in [2.45, 2.75) is 32.8 Å². The van der Waals surface area contributed by atoms with E-state index in [1.165, 1.54) is 0 Å². The lowest BCUT2D eigenvalue weighted by molar-refractivity contribution is -0.147. The van der Waals surface area contributed by atoms with Crippen molar-refractivity contribution in [3.63, 3.8) is 0 Å². The van der Waals surface area contributed by atoms with E-state index >= 15 is 0 Å². The van der Waals surface area contributed by atoms with E-state index < -0.39 is 0 Å². The quantitative estimate of drug-likeness (QED) is 0.598. The Morgan fingerprint density at radius 2 is 1.88 bits per heavy atom. The van der Waals surface area contributed by atoms with Gasteiger partial charge in [0.1, 0.15) is 0 Å². The van der Waals surface area contributed by atoms with E-state index in [2.05, 4.69) is 0 Å². The third-order valence-corrected chi connectivity index (χ3v) is 2.43. The number of ether oxygens (including phenoxy) is 1. The van der Waals surface area contributed by atoms with Crippen molar-refractivity contribution in [2.75, 3.05) is 0 Å². The normalized spacial score (nSPS) is 10.4. The first-order valence-electron chi connectivity index (χ1n) is 5.48. The van der Waals surface area contributed by atoms with Crippen LogP contribution in [0.5, 0.6) is 0 Å². The largest absolute Gasteiger partial charge is 0.463 e. The Morgan fingerprint density at radius 3 is 2.47 bits per heavy atom. The third-order valence-electron chi connectivity index (χ3n) is 2.10. The SMILES string of the molecule is CC(C)OC(=O)CCC(=O)c1ccccc1Cl. The Kier molecular flexibility index (Phi) is 5.16. The maximum absolute atomic E-state index is 11.8. The molecule has 0 aliphatic rings. The minimum absolute atomic E-state index is 0.0856. The van der Waals surface area contributed by atoms with E-state index in [9.17, 15) is 9.59 Å². The van der Waals surface area contributed by atoms with Crippen LogP contribution in [0.25, 0.3) is 0 Å². The number of hydrogen-bond donors (Lipinski definition) is 0. The summed E-state index contributed by atoms with van der Waals surface area (Å²) in [5.41, 5.74) is 0.450. The summed E-state index contributed by atoms with van der Waals surface area (Å²) in [4.78, 5) is 23.0. The van der Waals surface area contributed by atoms with Gasteiger partial charge < -0.3 is 4.74 Å². The summed E-state index contributed by atoms with van der Waals surface area (Å²) in [7, 11) is 0. The van der Waals surface area contributed by atoms with E-state index in [-0.39, 0.29) is 30.7 Å². The second-order valence-corrected chi connectivity index (χ2v) is 4.35. The summed E-state index contributed by atoms with van der Waals surface area (Å²) in [6, 6.07) is 6.80. The summed E-state index contributed by atoms with van der Waals surface area (Å²) in [6.45, 7) is 3.54. The molecule has 4 heteroatoms. The number of halogens is 1. The zero-order chi connectivity index (χ0) is 12.8. The van der Waals surface area contributed by atoms with Gasteiger partial charge in [-0.3, -0.25) is 9.59 Å². The molecule has 0 atom stereocenters. The molecule has 0 aliphatic heterocycles. The maximum Gasteiger partial charge on any atom is 0.306 e. The van der Waals surface area contributed by atoms with Crippen LogP contribution in [0, 0.1) is 0 Å². The van der Waals surface area contributed by atoms with E-state index in [0.717, 1.165) is 0 Å². The summed E-state index contributed by atoms with van der Waals surface area (Å²) >= 11 is 5.88. The highest BCUT2D eigenvalue weighted by atomic mass is 35.5. The van der Waals surface area contributed by atoms with Gasteiger partial charge in [-0.15, -0.1) is 0 Å². The Labute approximate surface area is 106 Å². The fourth-order valence-electron chi connectivity index (χ4n) is 1.36. The standard InChI is InChI=1S/C13H15ClO3/c1-9(2)17-13(16)8-7-12(15)10-5-3-4-6-11(10)14/h3-6,9H,7-8H2,1-2H3. The fraction of sp³-hybridized carbons (Fsp3) is 0.385. The highest BCUT2D eigenvalue weighted by molar-refractivity contribution is 6.33. The highest BCUT2D eigenvalue weighted by Crippen LogP contribution is 2.17. The monoisotopic (exact) mass is 254 g/mol. The lowest BCUT2D eigenvalue weighted by Crippen LogP contribution is -2.13. The molecule has 0 heterocycles. The molecule has 0 N–H and O–H groups in total. The zero-order valence-corrected chi connectivity index (χ0v) is 10.7. The van der Waals surface area contributed by atoms with Gasteiger partial charge in [0.05, 0.1) is 17.5 Å². The van der Waals surface area contributed by atoms with Crippen molar-refractivity contribution >= 4 is 23.4 Å². The maximum atomic E-state index is 11.8. The molecule has 0 aromatic heterocycles. The smallest absolute Gasteiger partial charge is 0.306 e. The van der Waals surface area contributed by atoms with Gasteiger partial charge in [0, 0.05) is 12.0 Å². The van der Waals surface area contributed by atoms with Gasteiger partial charge in [0.2, 0.25) is 0 Å². The number of esters is 1. The van der Waals surface area contributed by atoms with Gasteiger partial charge in [0.25, 0.3) is 0 Å². The summed E-state index contributed by atoms with van der Waals surface area (Å²) in [5, 5.41) is 0.412. The molecule has 0 saturated heterocycles. The molecule has 0 unspecified atom stereocenters. The van der Waals surface area contributed by atoms with Crippen molar-refractivity contribution in [1.82, 2.24) is 0 Å². The number of carbonyl (C=O) groups is 2. The van der Waals surface area contributed by atoms with Crippen LogP contribution in [0.4, 0.5) is 0 Å². The molecular formula is C13H15ClO3. The molecule has 0 fully saturated rings. The van der Waals surface area contributed by atoms with Crippen molar-refractivity contribution in [3.05, 3.63) is 34.9 Å². The van der Waals surface area contributed by atoms with E-state index in [0.29, 0.717) is 10.6 Å². The summed E-state index contributed by atoms with van der Waals surface area (Å²) in [6.07, 6.45) is 0.0512. The van der Waals surface area contributed by atoms with Crippen LogP contribution in [0.15, 0.2) is 24.3 Å². The van der Waals surface area contributed by atoms with E-state index in [4.69, 9.17) is 16.3 Å². The van der Waals surface area contributed by atoms with Crippen LogP contribution in [0.1, 0.15) is 37.0 Å². The number of Topliss-reactive ketones (excluding diaryl/α,β-unsaturated/α-hetero) is 1. The molecule has 0 spiro atoms. The highest BCUT2D eigenvalue weighted by Gasteiger charge is 2.13. The summed E-state index contributed by atoms with van der Waals surface area (Å²) in [5.74, 6) is -0.503. The number of hydrogen-bond acceptors (Lipinski definition) is 3. The van der Waals surface area contributed by atoms with Gasteiger partial charge in [-0.1, -0.05) is 23.7 Å². The van der Waals surface area contributed by atoms with Gasteiger partial charge in [0.15, 0.2) is 5.78 Å². The minimum Gasteiger partial charge on any atom is -0.463 e. The van der Waals surface area contributed by atoms with Crippen LogP contribution in [0.2, 0.25) is 5.02 Å². The molecule has 1 aromatic carbocycles. The number of ketones is 1. The molecule has 0 amide bonds. The predicted molar refractivity (Wildman–Crippen MR) is 66.2 cm³/mol. The Hall–Kier alpha value is -1.35. The van der Waals surface area contributed by atoms with E-state index in [1.54, 1.807) is 38.1 Å². The second kappa shape index (κ2) is 6.40. The molecule has 0 saturated carbocycles. The molecule has 92 valence electrons. The van der Waals surface area contributed by atoms with Crippen LogP contribution in [-0.4, -0.2) is 17.9 Å². The minimum atomic E-state index is -0.361. The van der Waals surface area contributed by atoms with Gasteiger partial charge in [-0.05, 0) is 26.0 Å². The van der Waals surface area contributed by atoms with Crippen LogP contribution in [0.3, 0.4) is 0 Å². The molecule has 17 heavy (non-hydrogen) atoms. The lowest BCUT2D eigenvalue weighted by atomic mass is 10.1. The molecule has 1 aromatic rings. The van der Waals surface area contributed by atoms with Crippen LogP contribution >= 0.6 is 11.6 Å². The Bertz CT molecular complexity index is 413. The molecule has 3 nitrogen and oxygen atoms in total. The van der Waals surface area contributed by atoms with Gasteiger partial charge >= 0.3 is 5.97 Å². The summed E-state index contributed by atoms with van der Waals surface area (Å²) < 4.78 is 4.94. The number of rotatable bonds is 5. The first kappa shape index (κ1) is 13.7. The first-order valence-corrected chi connectivity index (χ1v) is 5.85. The Balaban J connectivity index is 2.51.